The Morgan fingerprint density at radius 2 is 2.05 bits per heavy atom. The van der Waals surface area contributed by atoms with E-state index in [4.69, 9.17) is 14.2 Å². The Morgan fingerprint density at radius 1 is 1.43 bits per heavy atom. The molecule has 7 nitrogen and oxygen atoms in total. The van der Waals surface area contributed by atoms with Gasteiger partial charge in [-0.25, -0.2) is 0 Å². The first-order chi connectivity index (χ1) is 9.99. The lowest BCUT2D eigenvalue weighted by molar-refractivity contribution is -0.386. The summed E-state index contributed by atoms with van der Waals surface area (Å²) in [5.41, 5.74) is 0.0706. The first-order valence-corrected chi connectivity index (χ1v) is 6.67. The van der Waals surface area contributed by atoms with E-state index >= 15 is 0 Å². The van der Waals surface area contributed by atoms with Gasteiger partial charge < -0.3 is 14.2 Å². The predicted molar refractivity (Wildman–Crippen MR) is 72.8 cm³/mol. The van der Waals surface area contributed by atoms with Gasteiger partial charge in [-0.1, -0.05) is 18.2 Å². The molecule has 114 valence electrons. The number of ether oxygens (including phenoxy) is 3. The molecule has 0 spiro atoms. The molecule has 21 heavy (non-hydrogen) atoms. The van der Waals surface area contributed by atoms with E-state index in [2.05, 4.69) is 0 Å². The van der Waals surface area contributed by atoms with Gasteiger partial charge in [0, 0.05) is 11.6 Å². The standard InChI is InChI=1S/C14H17NO6/c1-3-19-13(16)12(14(2)20-8-9-21-14)10-6-4-5-7-11(10)15(17)18/h4-7,12H,3,8-9H2,1-2H3. The molecule has 1 aliphatic rings. The molecular weight excluding hydrogens is 278 g/mol. The van der Waals surface area contributed by atoms with Gasteiger partial charge >= 0.3 is 5.97 Å². The molecule has 0 aromatic heterocycles. The minimum atomic E-state index is -1.27. The number of carbonyl (C=O) groups excluding carboxylic acids is 1. The van der Waals surface area contributed by atoms with E-state index in [9.17, 15) is 14.9 Å². The zero-order valence-electron chi connectivity index (χ0n) is 11.9. The molecule has 1 aromatic carbocycles. The Hall–Kier alpha value is -1.99. The van der Waals surface area contributed by atoms with Crippen molar-refractivity contribution in [2.75, 3.05) is 19.8 Å². The Balaban J connectivity index is 2.50. The fourth-order valence-corrected chi connectivity index (χ4v) is 2.44. The maximum atomic E-state index is 12.3. The Kier molecular flexibility index (Phi) is 4.54. The second-order valence-electron chi connectivity index (χ2n) is 4.71. The largest absolute Gasteiger partial charge is 0.465 e. The molecule has 1 saturated heterocycles. The van der Waals surface area contributed by atoms with Gasteiger partial charge in [0.15, 0.2) is 5.79 Å². The van der Waals surface area contributed by atoms with Crippen molar-refractivity contribution in [1.29, 1.82) is 0 Å². The highest BCUT2D eigenvalue weighted by Crippen LogP contribution is 2.40. The first-order valence-electron chi connectivity index (χ1n) is 6.67. The second kappa shape index (κ2) is 6.19. The lowest BCUT2D eigenvalue weighted by Gasteiger charge is -2.30. The summed E-state index contributed by atoms with van der Waals surface area (Å²) >= 11 is 0. The smallest absolute Gasteiger partial charge is 0.319 e. The molecule has 0 bridgehead atoms. The molecule has 1 aliphatic heterocycles. The SMILES string of the molecule is CCOC(=O)C(c1ccccc1[N+](=O)[O-])C1(C)OCCO1. The lowest BCUT2D eigenvalue weighted by atomic mass is 9.90. The fourth-order valence-electron chi connectivity index (χ4n) is 2.44. The molecule has 0 amide bonds. The molecule has 1 unspecified atom stereocenters. The number of nitrogens with zero attached hydrogens (tertiary/aromatic N) is 1. The maximum Gasteiger partial charge on any atom is 0.319 e. The van der Waals surface area contributed by atoms with E-state index in [-0.39, 0.29) is 17.9 Å². The van der Waals surface area contributed by atoms with Gasteiger partial charge in [-0.15, -0.1) is 0 Å². The molecule has 7 heteroatoms. The topological polar surface area (TPSA) is 87.9 Å². The summed E-state index contributed by atoms with van der Waals surface area (Å²) in [5, 5.41) is 11.2. The van der Waals surface area contributed by atoms with Crippen LogP contribution in [0.4, 0.5) is 5.69 Å². The van der Waals surface area contributed by atoms with E-state index in [1.165, 1.54) is 12.1 Å². The summed E-state index contributed by atoms with van der Waals surface area (Å²) in [7, 11) is 0. The van der Waals surface area contributed by atoms with Crippen molar-refractivity contribution in [3.8, 4) is 0 Å². The minimum Gasteiger partial charge on any atom is -0.465 e. The van der Waals surface area contributed by atoms with E-state index in [1.807, 2.05) is 0 Å². The Bertz CT molecular complexity index is 538. The van der Waals surface area contributed by atoms with Crippen LogP contribution in [0, 0.1) is 10.1 Å². The average molecular weight is 295 g/mol. The van der Waals surface area contributed by atoms with Crippen LogP contribution in [0.5, 0.6) is 0 Å². The predicted octanol–water partition coefficient (Wildman–Crippen LogP) is 2.00. The van der Waals surface area contributed by atoms with Crippen molar-refractivity contribution >= 4 is 11.7 Å². The number of esters is 1. The normalized spacial score (nSPS) is 18.2. The molecular formula is C14H17NO6. The fraction of sp³-hybridized carbons (Fsp3) is 0.500. The van der Waals surface area contributed by atoms with Gasteiger partial charge in [-0.2, -0.15) is 0 Å². The summed E-state index contributed by atoms with van der Waals surface area (Å²) in [6.07, 6.45) is 0. The van der Waals surface area contributed by atoms with Crippen LogP contribution >= 0.6 is 0 Å². The van der Waals surface area contributed by atoms with Crippen LogP contribution in [0.3, 0.4) is 0 Å². The van der Waals surface area contributed by atoms with Crippen LogP contribution in [0.25, 0.3) is 0 Å². The number of hydrogen-bond acceptors (Lipinski definition) is 6. The molecule has 2 rings (SSSR count). The number of para-hydroxylation sites is 1. The molecule has 0 radical (unpaired) electrons. The quantitative estimate of drug-likeness (QED) is 0.469. The van der Waals surface area contributed by atoms with Gasteiger partial charge in [0.2, 0.25) is 0 Å². The van der Waals surface area contributed by atoms with Gasteiger partial charge in [0.1, 0.15) is 5.92 Å². The highest BCUT2D eigenvalue weighted by molar-refractivity contribution is 5.81. The molecule has 1 fully saturated rings. The number of nitro benzene ring substituents is 1. The molecule has 0 saturated carbocycles. The van der Waals surface area contributed by atoms with Crippen LogP contribution in [0.1, 0.15) is 25.3 Å². The second-order valence-corrected chi connectivity index (χ2v) is 4.71. The van der Waals surface area contributed by atoms with Crippen molar-refractivity contribution in [3.63, 3.8) is 0 Å². The maximum absolute atomic E-state index is 12.3. The van der Waals surface area contributed by atoms with E-state index in [0.29, 0.717) is 13.2 Å². The third kappa shape index (κ3) is 3.03. The van der Waals surface area contributed by atoms with Crippen molar-refractivity contribution in [1.82, 2.24) is 0 Å². The van der Waals surface area contributed by atoms with E-state index < -0.39 is 22.6 Å². The monoisotopic (exact) mass is 295 g/mol. The van der Waals surface area contributed by atoms with Crippen LogP contribution in [0.2, 0.25) is 0 Å². The van der Waals surface area contributed by atoms with Crippen LogP contribution in [-0.2, 0) is 19.0 Å². The first kappa shape index (κ1) is 15.4. The summed E-state index contributed by atoms with van der Waals surface area (Å²) in [6, 6.07) is 6.05. The molecule has 0 aliphatic carbocycles. The Morgan fingerprint density at radius 3 is 2.62 bits per heavy atom. The zero-order chi connectivity index (χ0) is 15.5. The molecule has 1 aromatic rings. The highest BCUT2D eigenvalue weighted by atomic mass is 16.7. The lowest BCUT2D eigenvalue weighted by Crippen LogP contribution is -2.40. The summed E-state index contributed by atoms with van der Waals surface area (Å²) in [6.45, 7) is 4.09. The van der Waals surface area contributed by atoms with E-state index in [1.54, 1.807) is 26.0 Å². The molecule has 1 atom stereocenters. The minimum absolute atomic E-state index is 0.157. The van der Waals surface area contributed by atoms with Gasteiger partial charge in [0.05, 0.1) is 24.7 Å². The average Bonchev–Trinajstić information content (AvgIpc) is 2.87. The summed E-state index contributed by atoms with van der Waals surface area (Å²) < 4.78 is 16.1. The van der Waals surface area contributed by atoms with Crippen LogP contribution < -0.4 is 0 Å². The van der Waals surface area contributed by atoms with Crippen molar-refractivity contribution in [2.24, 2.45) is 0 Å². The van der Waals surface area contributed by atoms with Crippen molar-refractivity contribution in [3.05, 3.63) is 39.9 Å². The third-order valence-corrected chi connectivity index (χ3v) is 3.35. The number of rotatable bonds is 5. The Labute approximate surface area is 122 Å². The summed E-state index contributed by atoms with van der Waals surface area (Å²) in [5.74, 6) is -2.88. The number of benzene rings is 1. The number of hydrogen-bond donors (Lipinski definition) is 0. The molecule has 0 N–H and O–H groups in total. The summed E-state index contributed by atoms with van der Waals surface area (Å²) in [4.78, 5) is 23.0. The zero-order valence-corrected chi connectivity index (χ0v) is 11.9. The van der Waals surface area contributed by atoms with Crippen LogP contribution in [0.15, 0.2) is 24.3 Å². The third-order valence-electron chi connectivity index (χ3n) is 3.35. The number of carbonyl (C=O) groups is 1. The van der Waals surface area contributed by atoms with Crippen molar-refractivity contribution < 1.29 is 23.9 Å². The van der Waals surface area contributed by atoms with E-state index in [0.717, 1.165) is 0 Å². The van der Waals surface area contributed by atoms with Gasteiger partial charge in [-0.3, -0.25) is 14.9 Å². The van der Waals surface area contributed by atoms with Crippen LogP contribution in [-0.4, -0.2) is 36.5 Å². The van der Waals surface area contributed by atoms with Gasteiger partial charge in [-0.05, 0) is 13.8 Å². The number of nitro groups is 1. The highest BCUT2D eigenvalue weighted by Gasteiger charge is 2.48. The van der Waals surface area contributed by atoms with Gasteiger partial charge in [0.25, 0.3) is 5.69 Å². The van der Waals surface area contributed by atoms with Crippen molar-refractivity contribution in [2.45, 2.75) is 25.6 Å². The molecule has 1 heterocycles.